The van der Waals surface area contributed by atoms with Crippen LogP contribution in [0.4, 0.5) is 0 Å². The van der Waals surface area contributed by atoms with Crippen LogP contribution in [0.25, 0.3) is 0 Å². The fourth-order valence-corrected chi connectivity index (χ4v) is 3.10. The van der Waals surface area contributed by atoms with Crippen molar-refractivity contribution in [3.05, 3.63) is 54.4 Å². The van der Waals surface area contributed by atoms with Gasteiger partial charge < -0.3 is 4.74 Å². The number of hydrogen-bond donors (Lipinski definition) is 1. The van der Waals surface area contributed by atoms with Crippen molar-refractivity contribution < 1.29 is 22.7 Å². The molecule has 0 bridgehead atoms. The first kappa shape index (κ1) is 16.7. The maximum absolute atomic E-state index is 12.5. The van der Waals surface area contributed by atoms with Crippen LogP contribution in [0.1, 0.15) is 5.56 Å². The minimum Gasteiger partial charge on any atom is -0.497 e. The lowest BCUT2D eigenvalue weighted by molar-refractivity contribution is -0.140. The predicted molar refractivity (Wildman–Crippen MR) is 85.9 cm³/mol. The van der Waals surface area contributed by atoms with Crippen molar-refractivity contribution in [2.75, 3.05) is 7.11 Å². The van der Waals surface area contributed by atoms with Gasteiger partial charge in [-0.1, -0.05) is 0 Å². The molecule has 0 atom stereocenters. The van der Waals surface area contributed by atoms with Crippen molar-refractivity contribution >= 4 is 27.7 Å². The van der Waals surface area contributed by atoms with E-state index in [4.69, 9.17) is 4.74 Å². The van der Waals surface area contributed by atoms with E-state index >= 15 is 0 Å². The number of amidine groups is 1. The molecule has 9 nitrogen and oxygen atoms in total. The van der Waals surface area contributed by atoms with Crippen molar-refractivity contribution in [3.63, 3.8) is 0 Å². The first-order valence-corrected chi connectivity index (χ1v) is 8.45. The third-order valence-corrected chi connectivity index (χ3v) is 4.64. The highest BCUT2D eigenvalue weighted by Gasteiger charge is 2.37. The highest BCUT2D eigenvalue weighted by atomic mass is 32.2. The van der Waals surface area contributed by atoms with Gasteiger partial charge in [-0.3, -0.25) is 14.6 Å². The van der Waals surface area contributed by atoms with E-state index in [-0.39, 0.29) is 10.7 Å². The zero-order chi connectivity index (χ0) is 18.0. The summed E-state index contributed by atoms with van der Waals surface area (Å²) in [5.74, 6) is -1.80. The van der Waals surface area contributed by atoms with Crippen molar-refractivity contribution in [1.29, 1.82) is 0 Å². The molecule has 2 amide bonds. The van der Waals surface area contributed by atoms with Crippen molar-refractivity contribution in [2.45, 2.75) is 4.90 Å². The maximum atomic E-state index is 12.5. The topological polar surface area (TPSA) is 118 Å². The minimum absolute atomic E-state index is 0.102. The zero-order valence-electron chi connectivity index (χ0n) is 12.9. The third kappa shape index (κ3) is 3.25. The number of pyridine rings is 1. The summed E-state index contributed by atoms with van der Waals surface area (Å²) in [4.78, 5) is 33.0. The van der Waals surface area contributed by atoms with E-state index in [2.05, 4.69) is 14.8 Å². The number of carbonyl (C=O) groups is 2. The predicted octanol–water partition coefficient (Wildman–Crippen LogP) is 0.0991. The SMILES string of the molecule is COc1ccc(S(=O)(=O)NN2C(=O)C(=O)N=C2c2ccncc2)cc1. The average Bonchev–Trinajstić information content (AvgIpc) is 2.90. The number of aromatic nitrogens is 1. The molecule has 0 aliphatic carbocycles. The third-order valence-electron chi connectivity index (χ3n) is 3.33. The van der Waals surface area contributed by atoms with Crippen LogP contribution in [-0.4, -0.2) is 43.2 Å². The molecular formula is C15H12N4O5S. The standard InChI is InChI=1S/C15H12N4O5S/c1-24-11-2-4-12(5-3-11)25(22,23)18-19-13(17-14(20)15(19)21)10-6-8-16-9-7-10/h2-9,18H,1H3. The molecule has 128 valence electrons. The Morgan fingerprint density at radius 3 is 2.28 bits per heavy atom. The lowest BCUT2D eigenvalue weighted by Gasteiger charge is -2.18. The number of hydrazine groups is 1. The van der Waals surface area contributed by atoms with Crippen molar-refractivity contribution in [3.8, 4) is 5.75 Å². The average molecular weight is 360 g/mol. The van der Waals surface area contributed by atoms with Gasteiger partial charge in [-0.15, -0.1) is 4.83 Å². The Bertz CT molecular complexity index is 955. The van der Waals surface area contributed by atoms with Gasteiger partial charge in [-0.05, 0) is 36.4 Å². The Morgan fingerprint density at radius 2 is 1.68 bits per heavy atom. The number of ether oxygens (including phenoxy) is 1. The van der Waals surface area contributed by atoms with E-state index in [9.17, 15) is 18.0 Å². The van der Waals surface area contributed by atoms with Gasteiger partial charge >= 0.3 is 11.8 Å². The van der Waals surface area contributed by atoms with Gasteiger partial charge in [0, 0.05) is 18.0 Å². The number of amides is 2. The molecule has 0 saturated heterocycles. The zero-order valence-corrected chi connectivity index (χ0v) is 13.7. The Morgan fingerprint density at radius 1 is 1.04 bits per heavy atom. The molecular weight excluding hydrogens is 348 g/mol. The van der Waals surface area contributed by atoms with E-state index in [0.29, 0.717) is 16.3 Å². The number of carbonyl (C=O) groups excluding carboxylic acids is 2. The number of methoxy groups -OCH3 is 1. The molecule has 1 aliphatic rings. The monoisotopic (exact) mass is 360 g/mol. The number of nitrogens with zero attached hydrogens (tertiary/aromatic N) is 3. The van der Waals surface area contributed by atoms with Gasteiger partial charge in [-0.25, -0.2) is 13.4 Å². The number of nitrogens with one attached hydrogen (secondary N) is 1. The lowest BCUT2D eigenvalue weighted by Crippen LogP contribution is -2.48. The summed E-state index contributed by atoms with van der Waals surface area (Å²) in [5.41, 5.74) is 0.367. The Labute approximate surface area is 143 Å². The van der Waals surface area contributed by atoms with E-state index < -0.39 is 21.8 Å². The molecule has 0 unspecified atom stereocenters. The first-order valence-electron chi connectivity index (χ1n) is 6.96. The normalized spacial score (nSPS) is 14.6. The van der Waals surface area contributed by atoms with Crippen LogP contribution in [0, 0.1) is 0 Å². The number of rotatable bonds is 5. The fourth-order valence-electron chi connectivity index (χ4n) is 2.09. The van der Waals surface area contributed by atoms with Gasteiger partial charge in [0.2, 0.25) is 0 Å². The van der Waals surface area contributed by atoms with E-state index in [1.54, 1.807) is 0 Å². The number of hydrogen-bond acceptors (Lipinski definition) is 6. The molecule has 2 aromatic rings. The number of benzene rings is 1. The second-order valence-corrected chi connectivity index (χ2v) is 6.55. The molecule has 2 heterocycles. The Balaban J connectivity index is 1.92. The number of aliphatic imine (C=N–C) groups is 1. The van der Waals surface area contributed by atoms with Crippen LogP contribution in [0.15, 0.2) is 58.7 Å². The largest absolute Gasteiger partial charge is 0.497 e. The molecule has 3 rings (SSSR count). The summed E-state index contributed by atoms with van der Waals surface area (Å²) >= 11 is 0. The molecule has 25 heavy (non-hydrogen) atoms. The molecule has 1 aliphatic heterocycles. The first-order chi connectivity index (χ1) is 11.9. The Hall–Kier alpha value is -3.11. The van der Waals surface area contributed by atoms with Crippen LogP contribution in [0.3, 0.4) is 0 Å². The number of sulfonamides is 1. The highest BCUT2D eigenvalue weighted by molar-refractivity contribution is 7.89. The summed E-state index contributed by atoms with van der Waals surface area (Å²) in [6.07, 6.45) is 2.86. The van der Waals surface area contributed by atoms with E-state index in [0.717, 1.165) is 0 Å². The van der Waals surface area contributed by atoms with Gasteiger partial charge in [0.05, 0.1) is 12.0 Å². The van der Waals surface area contributed by atoms with E-state index in [1.807, 2.05) is 0 Å². The fraction of sp³-hybridized carbons (Fsp3) is 0.0667. The second-order valence-electron chi connectivity index (χ2n) is 4.89. The molecule has 0 spiro atoms. The summed E-state index contributed by atoms with van der Waals surface area (Å²) in [6.45, 7) is 0. The summed E-state index contributed by atoms with van der Waals surface area (Å²) < 4.78 is 30.0. The van der Waals surface area contributed by atoms with Crippen LogP contribution >= 0.6 is 0 Å². The lowest BCUT2D eigenvalue weighted by atomic mass is 10.2. The quantitative estimate of drug-likeness (QED) is 0.756. The van der Waals surface area contributed by atoms with Crippen LogP contribution in [-0.2, 0) is 19.6 Å². The molecule has 1 N–H and O–H groups in total. The molecule has 0 saturated carbocycles. The summed E-state index contributed by atoms with van der Waals surface area (Å²) in [7, 11) is -2.66. The minimum atomic E-state index is -4.12. The summed E-state index contributed by atoms with van der Waals surface area (Å²) in [5, 5.41) is 0.608. The van der Waals surface area contributed by atoms with Crippen LogP contribution in [0.5, 0.6) is 5.75 Å². The highest BCUT2D eigenvalue weighted by Crippen LogP contribution is 2.17. The maximum Gasteiger partial charge on any atom is 0.339 e. The van der Waals surface area contributed by atoms with Gasteiger partial charge in [-0.2, -0.15) is 4.99 Å². The van der Waals surface area contributed by atoms with Crippen molar-refractivity contribution in [1.82, 2.24) is 14.8 Å². The van der Waals surface area contributed by atoms with Gasteiger partial charge in [0.25, 0.3) is 10.0 Å². The molecule has 10 heteroatoms. The van der Waals surface area contributed by atoms with Crippen molar-refractivity contribution in [2.24, 2.45) is 4.99 Å². The van der Waals surface area contributed by atoms with Gasteiger partial charge in [0.15, 0.2) is 5.84 Å². The van der Waals surface area contributed by atoms with E-state index in [1.165, 1.54) is 55.9 Å². The second kappa shape index (κ2) is 6.42. The Kier molecular flexibility index (Phi) is 4.30. The molecule has 1 aromatic heterocycles. The molecule has 1 aromatic carbocycles. The smallest absolute Gasteiger partial charge is 0.339 e. The summed E-state index contributed by atoms with van der Waals surface area (Å²) in [6, 6.07) is 8.55. The molecule has 0 fully saturated rings. The van der Waals surface area contributed by atoms with Crippen LogP contribution < -0.4 is 9.57 Å². The molecule has 0 radical (unpaired) electrons. The van der Waals surface area contributed by atoms with Crippen LogP contribution in [0.2, 0.25) is 0 Å². The van der Waals surface area contributed by atoms with Gasteiger partial charge in [0.1, 0.15) is 5.75 Å².